The third kappa shape index (κ3) is 6.67. The fourth-order valence-corrected chi connectivity index (χ4v) is 4.60. The minimum atomic E-state index is -0.377. The van der Waals surface area contributed by atoms with E-state index in [-0.39, 0.29) is 30.2 Å². The van der Waals surface area contributed by atoms with Crippen LogP contribution < -0.4 is 19.5 Å². The van der Waals surface area contributed by atoms with Crippen LogP contribution >= 0.6 is 23.4 Å². The van der Waals surface area contributed by atoms with Crippen molar-refractivity contribution in [3.8, 4) is 17.2 Å². The summed E-state index contributed by atoms with van der Waals surface area (Å²) in [6.07, 6.45) is 1.62. The molecule has 0 aromatic heterocycles. The number of thioether (sulfide) groups is 1. The number of halogens is 1. The number of hydrogen-bond acceptors (Lipinski definition) is 7. The van der Waals surface area contributed by atoms with E-state index in [1.54, 1.807) is 66.7 Å². The normalized spacial score (nSPS) is 14.1. The third-order valence-corrected chi connectivity index (χ3v) is 6.59. The van der Waals surface area contributed by atoms with E-state index in [0.29, 0.717) is 45.0 Å². The molecule has 8 nitrogen and oxygen atoms in total. The van der Waals surface area contributed by atoms with Crippen LogP contribution in [-0.2, 0) is 16.1 Å². The molecule has 10 heteroatoms. The maximum absolute atomic E-state index is 12.9. The summed E-state index contributed by atoms with van der Waals surface area (Å²) in [5.41, 5.74) is 1.99. The Morgan fingerprint density at radius 2 is 1.76 bits per heavy atom. The maximum atomic E-state index is 12.9. The van der Waals surface area contributed by atoms with Gasteiger partial charge in [0.15, 0.2) is 18.1 Å². The second-order valence-electron chi connectivity index (χ2n) is 8.07. The van der Waals surface area contributed by atoms with Gasteiger partial charge in [0.2, 0.25) is 0 Å². The van der Waals surface area contributed by atoms with Crippen molar-refractivity contribution >= 4 is 52.2 Å². The van der Waals surface area contributed by atoms with Gasteiger partial charge in [0, 0.05) is 5.02 Å². The molecule has 0 saturated carbocycles. The Bertz CT molecular complexity index is 1380. The van der Waals surface area contributed by atoms with Gasteiger partial charge in [-0.1, -0.05) is 41.9 Å². The van der Waals surface area contributed by atoms with Crippen LogP contribution in [0, 0.1) is 0 Å². The quantitative estimate of drug-likeness (QED) is 0.308. The first kappa shape index (κ1) is 27.1. The van der Waals surface area contributed by atoms with Gasteiger partial charge in [0.25, 0.3) is 17.1 Å². The monoisotopic (exact) mass is 552 g/mol. The summed E-state index contributed by atoms with van der Waals surface area (Å²) in [5, 5.41) is 3.01. The van der Waals surface area contributed by atoms with Gasteiger partial charge in [-0.05, 0) is 72.3 Å². The topological polar surface area (TPSA) is 94.2 Å². The highest BCUT2D eigenvalue weighted by molar-refractivity contribution is 8.18. The highest BCUT2D eigenvalue weighted by Gasteiger charge is 2.35. The van der Waals surface area contributed by atoms with Crippen LogP contribution in [0.5, 0.6) is 17.2 Å². The molecule has 1 fully saturated rings. The number of nitrogens with one attached hydrogen (secondary N) is 1. The molecule has 196 valence electrons. The number of imide groups is 1. The summed E-state index contributed by atoms with van der Waals surface area (Å²) in [7, 11) is 1.48. The number of amides is 3. The van der Waals surface area contributed by atoms with Gasteiger partial charge >= 0.3 is 0 Å². The molecule has 1 heterocycles. The van der Waals surface area contributed by atoms with E-state index in [4.69, 9.17) is 25.8 Å². The lowest BCUT2D eigenvalue weighted by atomic mass is 10.1. The summed E-state index contributed by atoms with van der Waals surface area (Å²) in [6.45, 7) is 2.25. The second-order valence-corrected chi connectivity index (χ2v) is 9.50. The van der Waals surface area contributed by atoms with Crippen molar-refractivity contribution < 1.29 is 28.6 Å². The van der Waals surface area contributed by atoms with Crippen molar-refractivity contribution in [2.75, 3.05) is 25.6 Å². The number of carbonyl (C=O) groups excluding carboxylic acids is 3. The van der Waals surface area contributed by atoms with Crippen molar-refractivity contribution in [3.63, 3.8) is 0 Å². The zero-order valence-electron chi connectivity index (χ0n) is 20.7. The Morgan fingerprint density at radius 3 is 2.50 bits per heavy atom. The first-order valence-corrected chi connectivity index (χ1v) is 12.9. The summed E-state index contributed by atoms with van der Waals surface area (Å²) < 4.78 is 16.6. The molecule has 0 radical (unpaired) electrons. The standard InChI is InChI=1S/C28H25ClN2O6S/c1-3-36-22-7-5-4-6-21(22)30-26(32)17-37-23-13-10-19(14-24(23)35-2)15-25-27(33)31(28(34)38-25)16-18-8-11-20(29)12-9-18/h4-15H,3,16-17H2,1-2H3,(H,30,32)/b25-15-. The van der Waals surface area contributed by atoms with E-state index >= 15 is 0 Å². The number of ether oxygens (including phenoxy) is 3. The van der Waals surface area contributed by atoms with E-state index < -0.39 is 0 Å². The van der Waals surface area contributed by atoms with Crippen LogP contribution in [0.2, 0.25) is 5.02 Å². The second kappa shape index (κ2) is 12.5. The molecule has 4 rings (SSSR count). The number of methoxy groups -OCH3 is 1. The predicted molar refractivity (Wildman–Crippen MR) is 148 cm³/mol. The zero-order chi connectivity index (χ0) is 27.1. The Kier molecular flexibility index (Phi) is 8.93. The van der Waals surface area contributed by atoms with Crippen molar-refractivity contribution in [3.05, 3.63) is 87.8 Å². The van der Waals surface area contributed by atoms with Gasteiger partial charge in [-0.3, -0.25) is 19.3 Å². The summed E-state index contributed by atoms with van der Waals surface area (Å²) >= 11 is 6.79. The number of para-hydroxylation sites is 2. The molecule has 1 aliphatic rings. The SMILES string of the molecule is CCOc1ccccc1NC(=O)COc1ccc(/C=C2\SC(=O)N(Cc3ccc(Cl)cc3)C2=O)cc1OC. The smallest absolute Gasteiger partial charge is 0.293 e. The Hall–Kier alpha value is -3.95. The van der Waals surface area contributed by atoms with Crippen LogP contribution in [0.1, 0.15) is 18.1 Å². The summed E-state index contributed by atoms with van der Waals surface area (Å²) in [4.78, 5) is 39.3. The average molecular weight is 553 g/mol. The van der Waals surface area contributed by atoms with Gasteiger partial charge in [0.1, 0.15) is 5.75 Å². The zero-order valence-corrected chi connectivity index (χ0v) is 22.3. The van der Waals surface area contributed by atoms with Crippen molar-refractivity contribution in [2.45, 2.75) is 13.5 Å². The molecule has 0 bridgehead atoms. The number of benzene rings is 3. The first-order valence-electron chi connectivity index (χ1n) is 11.7. The minimum absolute atomic E-state index is 0.159. The fraction of sp³-hybridized carbons (Fsp3) is 0.179. The molecule has 0 aliphatic carbocycles. The molecule has 38 heavy (non-hydrogen) atoms. The molecular weight excluding hydrogens is 528 g/mol. The number of rotatable bonds is 10. The van der Waals surface area contributed by atoms with Gasteiger partial charge in [-0.2, -0.15) is 0 Å². The van der Waals surface area contributed by atoms with Gasteiger partial charge in [-0.25, -0.2) is 0 Å². The fourth-order valence-electron chi connectivity index (χ4n) is 3.63. The number of hydrogen-bond donors (Lipinski definition) is 1. The molecule has 1 saturated heterocycles. The number of carbonyl (C=O) groups is 3. The molecule has 0 atom stereocenters. The average Bonchev–Trinajstić information content (AvgIpc) is 3.17. The summed E-state index contributed by atoms with van der Waals surface area (Å²) in [5.74, 6) is 0.564. The van der Waals surface area contributed by atoms with Crippen LogP contribution in [0.25, 0.3) is 6.08 Å². The van der Waals surface area contributed by atoms with Crippen LogP contribution in [0.4, 0.5) is 10.5 Å². The number of anilines is 1. The molecule has 3 aromatic rings. The van der Waals surface area contributed by atoms with Gasteiger partial charge < -0.3 is 19.5 Å². The van der Waals surface area contributed by atoms with E-state index in [1.807, 2.05) is 13.0 Å². The third-order valence-electron chi connectivity index (χ3n) is 5.43. The lowest BCUT2D eigenvalue weighted by Gasteiger charge is -2.13. The predicted octanol–water partition coefficient (Wildman–Crippen LogP) is 6.00. The molecule has 3 amide bonds. The van der Waals surface area contributed by atoms with Crippen molar-refractivity contribution in [2.24, 2.45) is 0 Å². The molecule has 1 N–H and O–H groups in total. The van der Waals surface area contributed by atoms with Crippen LogP contribution in [-0.4, -0.2) is 42.3 Å². The molecule has 0 unspecified atom stereocenters. The highest BCUT2D eigenvalue weighted by Crippen LogP contribution is 2.35. The summed E-state index contributed by atoms with van der Waals surface area (Å²) in [6, 6.07) is 19.1. The van der Waals surface area contributed by atoms with E-state index in [2.05, 4.69) is 5.32 Å². The van der Waals surface area contributed by atoms with Gasteiger partial charge in [0.05, 0.1) is 30.9 Å². The molecule has 0 spiro atoms. The van der Waals surface area contributed by atoms with E-state index in [0.717, 1.165) is 17.3 Å². The van der Waals surface area contributed by atoms with Crippen LogP contribution in [0.3, 0.4) is 0 Å². The maximum Gasteiger partial charge on any atom is 0.293 e. The Balaban J connectivity index is 1.41. The molecular formula is C28H25ClN2O6S. The molecule has 3 aromatic carbocycles. The molecule has 1 aliphatic heterocycles. The largest absolute Gasteiger partial charge is 0.493 e. The van der Waals surface area contributed by atoms with Crippen molar-refractivity contribution in [1.82, 2.24) is 4.90 Å². The lowest BCUT2D eigenvalue weighted by Crippen LogP contribution is -2.27. The highest BCUT2D eigenvalue weighted by atomic mass is 35.5. The number of nitrogens with zero attached hydrogens (tertiary/aromatic N) is 1. The first-order chi connectivity index (χ1) is 18.4. The Labute approximate surface area is 229 Å². The Morgan fingerprint density at radius 1 is 1.00 bits per heavy atom. The van der Waals surface area contributed by atoms with E-state index in [1.165, 1.54) is 12.0 Å². The van der Waals surface area contributed by atoms with Crippen LogP contribution in [0.15, 0.2) is 71.6 Å². The van der Waals surface area contributed by atoms with Gasteiger partial charge in [-0.15, -0.1) is 0 Å². The lowest BCUT2D eigenvalue weighted by molar-refractivity contribution is -0.123. The van der Waals surface area contributed by atoms with E-state index in [9.17, 15) is 14.4 Å². The minimum Gasteiger partial charge on any atom is -0.493 e. The van der Waals surface area contributed by atoms with Crippen molar-refractivity contribution in [1.29, 1.82) is 0 Å².